The van der Waals surface area contributed by atoms with Gasteiger partial charge in [0.1, 0.15) is 11.6 Å². The molecule has 30 heavy (non-hydrogen) atoms. The number of hydrogen-bond acceptors (Lipinski definition) is 4. The zero-order valence-electron chi connectivity index (χ0n) is 15.4. The van der Waals surface area contributed by atoms with Crippen molar-refractivity contribution < 1.29 is 25.6 Å². The van der Waals surface area contributed by atoms with Gasteiger partial charge in [-0.1, -0.05) is 29.8 Å². The fourth-order valence-corrected chi connectivity index (χ4v) is 5.21. The maximum absolute atomic E-state index is 13.8. The summed E-state index contributed by atoms with van der Waals surface area (Å²) in [6.45, 7) is 1.51. The summed E-state index contributed by atoms with van der Waals surface area (Å²) in [5.41, 5.74) is 0.00501. The Bertz CT molecular complexity index is 1330. The van der Waals surface area contributed by atoms with Gasteiger partial charge in [0.05, 0.1) is 26.2 Å². The molecule has 0 fully saturated rings. The Balaban J connectivity index is 1.95. The molecule has 0 amide bonds. The van der Waals surface area contributed by atoms with E-state index in [-0.39, 0.29) is 26.2 Å². The molecule has 0 saturated carbocycles. The summed E-state index contributed by atoms with van der Waals surface area (Å²) in [6.07, 6.45) is 0. The first-order chi connectivity index (χ1) is 14.0. The second-order valence-electron chi connectivity index (χ2n) is 6.25. The summed E-state index contributed by atoms with van der Waals surface area (Å²) in [5, 5.41) is -0.376. The van der Waals surface area contributed by atoms with Crippen molar-refractivity contribution in [1.29, 1.82) is 0 Å². The summed E-state index contributed by atoms with van der Waals surface area (Å²) in [6, 6.07) is 11.9. The molecule has 0 spiro atoms. The van der Waals surface area contributed by atoms with Gasteiger partial charge >= 0.3 is 0 Å². The number of benzene rings is 3. The van der Waals surface area contributed by atoms with Gasteiger partial charge in [-0.15, -0.1) is 0 Å². The largest absolute Gasteiger partial charge is 0.280 e. The molecule has 0 unspecified atom stereocenters. The van der Waals surface area contributed by atoms with E-state index >= 15 is 0 Å². The van der Waals surface area contributed by atoms with Crippen LogP contribution < -0.4 is 9.44 Å². The number of anilines is 2. The van der Waals surface area contributed by atoms with Crippen molar-refractivity contribution >= 4 is 43.0 Å². The number of sulfonamides is 2. The molecule has 3 aromatic carbocycles. The molecule has 11 heteroatoms. The summed E-state index contributed by atoms with van der Waals surface area (Å²) in [4.78, 5) is -0.550. The minimum absolute atomic E-state index is 0.0602. The van der Waals surface area contributed by atoms with Crippen molar-refractivity contribution in [2.75, 3.05) is 9.44 Å². The molecular formula is C19H15ClF2N2O4S2. The normalized spacial score (nSPS) is 11.9. The van der Waals surface area contributed by atoms with Crippen LogP contribution in [0.1, 0.15) is 5.56 Å². The maximum Gasteiger partial charge on any atom is 0.262 e. The highest BCUT2D eigenvalue weighted by Crippen LogP contribution is 2.26. The lowest BCUT2D eigenvalue weighted by Crippen LogP contribution is -2.17. The van der Waals surface area contributed by atoms with Gasteiger partial charge in [-0.3, -0.25) is 9.44 Å². The Morgan fingerprint density at radius 1 is 0.800 bits per heavy atom. The van der Waals surface area contributed by atoms with Gasteiger partial charge in [-0.25, -0.2) is 25.6 Å². The molecule has 6 nitrogen and oxygen atoms in total. The van der Waals surface area contributed by atoms with E-state index in [0.717, 1.165) is 30.3 Å². The molecule has 2 N–H and O–H groups in total. The Morgan fingerprint density at radius 3 is 2.17 bits per heavy atom. The van der Waals surface area contributed by atoms with Crippen molar-refractivity contribution in [3.63, 3.8) is 0 Å². The lowest BCUT2D eigenvalue weighted by Gasteiger charge is -2.14. The van der Waals surface area contributed by atoms with Crippen molar-refractivity contribution in [3.8, 4) is 0 Å². The summed E-state index contributed by atoms with van der Waals surface area (Å²) < 4.78 is 82.0. The predicted molar refractivity (Wildman–Crippen MR) is 111 cm³/mol. The smallest absolute Gasteiger partial charge is 0.262 e. The minimum atomic E-state index is -4.22. The van der Waals surface area contributed by atoms with Crippen LogP contribution in [0.5, 0.6) is 0 Å². The van der Waals surface area contributed by atoms with Crippen LogP contribution in [0.25, 0.3) is 0 Å². The van der Waals surface area contributed by atoms with E-state index in [9.17, 15) is 25.6 Å². The lowest BCUT2D eigenvalue weighted by molar-refractivity contribution is 0.596. The van der Waals surface area contributed by atoms with E-state index in [1.165, 1.54) is 37.3 Å². The highest BCUT2D eigenvalue weighted by atomic mass is 35.5. The standard InChI is InChI=1S/C19H15ClF2N2O4S2/c1-12-6-7-13(23-29(25,26)14-8-9-16(21)15(20)11-14)10-19(12)30(27,28)24-18-5-3-2-4-17(18)22/h2-11,23-24H,1H3. The molecular weight excluding hydrogens is 458 g/mol. The average molecular weight is 473 g/mol. The fourth-order valence-electron chi connectivity index (χ4n) is 2.55. The van der Waals surface area contributed by atoms with Crippen molar-refractivity contribution in [2.24, 2.45) is 0 Å². The van der Waals surface area contributed by atoms with Crippen LogP contribution >= 0.6 is 11.6 Å². The zero-order valence-corrected chi connectivity index (χ0v) is 17.7. The lowest BCUT2D eigenvalue weighted by atomic mass is 10.2. The van der Waals surface area contributed by atoms with Crippen LogP contribution in [0.4, 0.5) is 20.2 Å². The van der Waals surface area contributed by atoms with Crippen molar-refractivity contribution in [3.05, 3.63) is 82.9 Å². The second kappa shape index (κ2) is 8.21. The summed E-state index contributed by atoms with van der Waals surface area (Å²) in [7, 11) is -8.39. The Morgan fingerprint density at radius 2 is 1.50 bits per heavy atom. The van der Waals surface area contributed by atoms with Crippen LogP contribution in [0.3, 0.4) is 0 Å². The van der Waals surface area contributed by atoms with Crippen LogP contribution in [-0.4, -0.2) is 16.8 Å². The third kappa shape index (κ3) is 4.72. The molecule has 3 rings (SSSR count). The number of hydrogen-bond donors (Lipinski definition) is 2. The SMILES string of the molecule is Cc1ccc(NS(=O)(=O)c2ccc(F)c(Cl)c2)cc1S(=O)(=O)Nc1ccccc1F. The van der Waals surface area contributed by atoms with Crippen LogP contribution in [0, 0.1) is 18.6 Å². The van der Waals surface area contributed by atoms with E-state index < -0.39 is 31.7 Å². The molecule has 0 aliphatic rings. The highest BCUT2D eigenvalue weighted by Gasteiger charge is 2.21. The molecule has 0 radical (unpaired) electrons. The minimum Gasteiger partial charge on any atom is -0.280 e. The molecule has 3 aromatic rings. The molecule has 0 bridgehead atoms. The van der Waals surface area contributed by atoms with Gasteiger partial charge in [0.15, 0.2) is 0 Å². The molecule has 0 aromatic heterocycles. The first kappa shape index (κ1) is 22.0. The van der Waals surface area contributed by atoms with Gasteiger partial charge < -0.3 is 0 Å². The quantitative estimate of drug-likeness (QED) is 0.551. The molecule has 0 aliphatic carbocycles. The van der Waals surface area contributed by atoms with Crippen LogP contribution in [-0.2, 0) is 20.0 Å². The van der Waals surface area contributed by atoms with Gasteiger partial charge in [-0.2, -0.15) is 0 Å². The molecule has 0 saturated heterocycles. The number of aryl methyl sites for hydroxylation is 1. The fraction of sp³-hybridized carbons (Fsp3) is 0.0526. The number of nitrogens with one attached hydrogen (secondary N) is 2. The van der Waals surface area contributed by atoms with E-state index in [2.05, 4.69) is 9.44 Å². The van der Waals surface area contributed by atoms with Crippen LogP contribution in [0.2, 0.25) is 5.02 Å². The van der Waals surface area contributed by atoms with Gasteiger partial charge in [-0.05, 0) is 55.0 Å². The summed E-state index contributed by atoms with van der Waals surface area (Å²) >= 11 is 5.63. The third-order valence-electron chi connectivity index (χ3n) is 4.05. The van der Waals surface area contributed by atoms with E-state index in [4.69, 9.17) is 11.6 Å². The topological polar surface area (TPSA) is 92.3 Å². The van der Waals surface area contributed by atoms with E-state index in [1.807, 2.05) is 0 Å². The molecule has 0 atom stereocenters. The van der Waals surface area contributed by atoms with Gasteiger partial charge in [0.25, 0.3) is 20.0 Å². The number of rotatable bonds is 6. The first-order valence-electron chi connectivity index (χ1n) is 8.35. The molecule has 0 aliphatic heterocycles. The first-order valence-corrected chi connectivity index (χ1v) is 11.7. The van der Waals surface area contributed by atoms with Gasteiger partial charge in [0, 0.05) is 0 Å². The predicted octanol–water partition coefficient (Wildman–Crippen LogP) is 4.53. The zero-order chi connectivity index (χ0) is 22.1. The average Bonchev–Trinajstić information content (AvgIpc) is 2.67. The molecule has 0 heterocycles. The maximum atomic E-state index is 13.8. The van der Waals surface area contributed by atoms with Crippen LogP contribution in [0.15, 0.2) is 70.5 Å². The van der Waals surface area contributed by atoms with Crippen molar-refractivity contribution in [2.45, 2.75) is 16.7 Å². The summed E-state index contributed by atoms with van der Waals surface area (Å²) in [5.74, 6) is -1.54. The number of halogens is 3. The monoisotopic (exact) mass is 472 g/mol. The number of para-hydroxylation sites is 1. The Labute approximate surface area is 177 Å². The Hall–Kier alpha value is -2.69. The molecule has 158 valence electrons. The van der Waals surface area contributed by atoms with E-state index in [0.29, 0.717) is 5.56 Å². The van der Waals surface area contributed by atoms with Gasteiger partial charge in [0.2, 0.25) is 0 Å². The van der Waals surface area contributed by atoms with Crippen molar-refractivity contribution in [1.82, 2.24) is 0 Å². The van der Waals surface area contributed by atoms with E-state index in [1.54, 1.807) is 0 Å². The third-order valence-corrected chi connectivity index (χ3v) is 7.23. The highest BCUT2D eigenvalue weighted by molar-refractivity contribution is 7.93. The second-order valence-corrected chi connectivity index (χ2v) is 9.99. The Kier molecular flexibility index (Phi) is 6.02.